The predicted octanol–water partition coefficient (Wildman–Crippen LogP) is 3.40. The molecule has 5 heteroatoms. The summed E-state index contributed by atoms with van der Waals surface area (Å²) in [6.45, 7) is 3.53. The molecule has 1 atom stereocenters. The number of amides is 1. The van der Waals surface area contributed by atoms with Crippen molar-refractivity contribution < 1.29 is 4.79 Å². The number of aryl methyl sites for hydroxylation is 3. The van der Waals surface area contributed by atoms with E-state index in [4.69, 9.17) is 4.98 Å². The summed E-state index contributed by atoms with van der Waals surface area (Å²) in [7, 11) is 1.98. The zero-order valence-corrected chi connectivity index (χ0v) is 15.9. The third-order valence-corrected chi connectivity index (χ3v) is 6.40. The van der Waals surface area contributed by atoms with Gasteiger partial charge in [-0.2, -0.15) is 0 Å². The first-order valence-electron chi connectivity index (χ1n) is 9.74. The molecule has 27 heavy (non-hydrogen) atoms. The molecule has 1 unspecified atom stereocenters. The van der Waals surface area contributed by atoms with Gasteiger partial charge < -0.3 is 9.47 Å². The van der Waals surface area contributed by atoms with Crippen LogP contribution < -0.4 is 0 Å². The third kappa shape index (κ3) is 2.48. The fourth-order valence-electron chi connectivity index (χ4n) is 4.99. The van der Waals surface area contributed by atoms with Gasteiger partial charge in [0, 0.05) is 42.7 Å². The Balaban J connectivity index is 1.49. The van der Waals surface area contributed by atoms with Crippen LogP contribution >= 0.6 is 0 Å². The third-order valence-electron chi connectivity index (χ3n) is 6.40. The highest BCUT2D eigenvalue weighted by Gasteiger charge is 2.45. The van der Waals surface area contributed by atoms with Crippen molar-refractivity contribution in [1.29, 1.82) is 0 Å². The monoisotopic (exact) mass is 360 g/mol. The SMILES string of the molecule is Cc1ncc2c(n1)C1(CCCN(C(=O)c3cc4ccccc4n3C)C1)CC2. The fraction of sp³-hybridized carbons (Fsp3) is 0.409. The first kappa shape index (κ1) is 16.5. The molecule has 5 nitrogen and oxygen atoms in total. The highest BCUT2D eigenvalue weighted by Crippen LogP contribution is 2.44. The van der Waals surface area contributed by atoms with Crippen molar-refractivity contribution in [1.82, 2.24) is 19.4 Å². The summed E-state index contributed by atoms with van der Waals surface area (Å²) in [6, 6.07) is 10.2. The van der Waals surface area contributed by atoms with E-state index in [1.807, 2.05) is 47.8 Å². The summed E-state index contributed by atoms with van der Waals surface area (Å²) < 4.78 is 2.02. The predicted molar refractivity (Wildman–Crippen MR) is 105 cm³/mol. The molecule has 1 spiro atoms. The van der Waals surface area contributed by atoms with E-state index in [1.54, 1.807) is 0 Å². The second-order valence-electron chi connectivity index (χ2n) is 8.05. The average molecular weight is 360 g/mol. The van der Waals surface area contributed by atoms with E-state index in [-0.39, 0.29) is 11.3 Å². The molecule has 1 amide bonds. The molecular weight excluding hydrogens is 336 g/mol. The number of hydrogen-bond acceptors (Lipinski definition) is 3. The topological polar surface area (TPSA) is 51.0 Å². The van der Waals surface area contributed by atoms with Gasteiger partial charge in [0.2, 0.25) is 0 Å². The van der Waals surface area contributed by atoms with Crippen LogP contribution in [0.1, 0.15) is 46.8 Å². The van der Waals surface area contributed by atoms with E-state index in [0.29, 0.717) is 0 Å². The summed E-state index contributed by atoms with van der Waals surface area (Å²) >= 11 is 0. The average Bonchev–Trinajstić information content (AvgIpc) is 3.20. The van der Waals surface area contributed by atoms with Crippen LogP contribution in [0.2, 0.25) is 0 Å². The minimum Gasteiger partial charge on any atom is -0.340 e. The van der Waals surface area contributed by atoms with Gasteiger partial charge in [-0.1, -0.05) is 18.2 Å². The molecule has 1 fully saturated rings. The lowest BCUT2D eigenvalue weighted by atomic mass is 9.77. The van der Waals surface area contributed by atoms with E-state index < -0.39 is 0 Å². The molecule has 1 aromatic carbocycles. The number of piperidine rings is 1. The molecule has 1 saturated heterocycles. The molecule has 0 saturated carbocycles. The number of aromatic nitrogens is 3. The standard InChI is InChI=1S/C22H24N4O/c1-15-23-13-17-8-10-22(20(17)24-15)9-5-11-26(14-22)21(27)19-12-16-6-3-4-7-18(16)25(19)2/h3-4,6-7,12-13H,5,8-11,14H2,1-2H3. The van der Waals surface area contributed by atoms with Crippen LogP contribution in [-0.2, 0) is 18.9 Å². The second-order valence-corrected chi connectivity index (χ2v) is 8.05. The van der Waals surface area contributed by atoms with Crippen molar-refractivity contribution in [2.45, 2.75) is 38.0 Å². The smallest absolute Gasteiger partial charge is 0.270 e. The normalized spacial score (nSPS) is 21.8. The van der Waals surface area contributed by atoms with Crippen molar-refractivity contribution in [3.63, 3.8) is 0 Å². The Kier molecular flexibility index (Phi) is 3.61. The molecule has 2 aromatic heterocycles. The first-order chi connectivity index (χ1) is 13.1. The maximum absolute atomic E-state index is 13.4. The van der Waals surface area contributed by atoms with Gasteiger partial charge in [0.25, 0.3) is 5.91 Å². The number of fused-ring (bicyclic) bond motifs is 3. The summed E-state index contributed by atoms with van der Waals surface area (Å²) in [6.07, 6.45) is 6.20. The zero-order chi connectivity index (χ0) is 18.6. The van der Waals surface area contributed by atoms with Gasteiger partial charge in [0.15, 0.2) is 0 Å². The van der Waals surface area contributed by atoms with E-state index in [2.05, 4.69) is 17.1 Å². The van der Waals surface area contributed by atoms with Crippen LogP contribution in [0.5, 0.6) is 0 Å². The summed E-state index contributed by atoms with van der Waals surface area (Å²) in [5, 5.41) is 1.12. The fourth-order valence-corrected chi connectivity index (χ4v) is 4.99. The lowest BCUT2D eigenvalue weighted by molar-refractivity contribution is 0.0624. The maximum Gasteiger partial charge on any atom is 0.270 e. The highest BCUT2D eigenvalue weighted by atomic mass is 16.2. The number of benzene rings is 1. The Morgan fingerprint density at radius 2 is 2.07 bits per heavy atom. The minimum absolute atomic E-state index is 0.00152. The molecular formula is C22H24N4O. The first-order valence-corrected chi connectivity index (χ1v) is 9.74. The van der Waals surface area contributed by atoms with Gasteiger partial charge in [-0.05, 0) is 50.3 Å². The Morgan fingerprint density at radius 1 is 1.22 bits per heavy atom. The van der Waals surface area contributed by atoms with Gasteiger partial charge in [0.05, 0.1) is 5.69 Å². The van der Waals surface area contributed by atoms with Crippen LogP contribution in [0, 0.1) is 6.92 Å². The Labute approximate surface area is 159 Å². The maximum atomic E-state index is 13.4. The Morgan fingerprint density at radius 3 is 2.93 bits per heavy atom. The molecule has 2 aliphatic rings. The number of carbonyl (C=O) groups excluding carboxylic acids is 1. The number of hydrogen-bond donors (Lipinski definition) is 0. The van der Waals surface area contributed by atoms with E-state index in [1.165, 1.54) is 11.3 Å². The summed E-state index contributed by atoms with van der Waals surface area (Å²) in [5.74, 6) is 0.958. The number of nitrogens with zero attached hydrogens (tertiary/aromatic N) is 4. The van der Waals surface area contributed by atoms with Crippen LogP contribution in [0.3, 0.4) is 0 Å². The minimum atomic E-state index is 0.00152. The van der Waals surface area contributed by atoms with Crippen molar-refractivity contribution in [3.05, 3.63) is 59.3 Å². The van der Waals surface area contributed by atoms with E-state index in [0.717, 1.165) is 61.2 Å². The molecule has 1 aliphatic heterocycles. The van der Waals surface area contributed by atoms with Gasteiger partial charge >= 0.3 is 0 Å². The lowest BCUT2D eigenvalue weighted by Crippen LogP contribution is -2.48. The van der Waals surface area contributed by atoms with Crippen LogP contribution in [0.15, 0.2) is 36.5 Å². The highest BCUT2D eigenvalue weighted by molar-refractivity contribution is 5.98. The van der Waals surface area contributed by atoms with Crippen molar-refractivity contribution in [2.75, 3.05) is 13.1 Å². The largest absolute Gasteiger partial charge is 0.340 e. The summed E-state index contributed by atoms with van der Waals surface area (Å²) in [4.78, 5) is 24.6. The molecule has 3 heterocycles. The van der Waals surface area contributed by atoms with Gasteiger partial charge in [0.1, 0.15) is 11.5 Å². The molecule has 1 aliphatic carbocycles. The number of para-hydroxylation sites is 1. The van der Waals surface area contributed by atoms with Crippen LogP contribution in [0.4, 0.5) is 0 Å². The number of rotatable bonds is 1. The van der Waals surface area contributed by atoms with Crippen LogP contribution in [-0.4, -0.2) is 38.4 Å². The molecule has 0 radical (unpaired) electrons. The summed E-state index contributed by atoms with van der Waals surface area (Å²) in [5.41, 5.74) is 4.32. The molecule has 138 valence electrons. The van der Waals surface area contributed by atoms with Gasteiger partial charge in [-0.15, -0.1) is 0 Å². The molecule has 5 rings (SSSR count). The second kappa shape index (κ2) is 5.91. The van der Waals surface area contributed by atoms with E-state index in [9.17, 15) is 4.79 Å². The number of likely N-dealkylation sites (tertiary alicyclic amines) is 1. The zero-order valence-electron chi connectivity index (χ0n) is 15.9. The van der Waals surface area contributed by atoms with Crippen LogP contribution in [0.25, 0.3) is 10.9 Å². The van der Waals surface area contributed by atoms with Gasteiger partial charge in [-0.25, -0.2) is 9.97 Å². The lowest BCUT2D eigenvalue weighted by Gasteiger charge is -2.40. The van der Waals surface area contributed by atoms with Gasteiger partial charge in [-0.3, -0.25) is 4.79 Å². The van der Waals surface area contributed by atoms with Crippen molar-refractivity contribution >= 4 is 16.8 Å². The van der Waals surface area contributed by atoms with E-state index >= 15 is 0 Å². The molecule has 3 aromatic rings. The van der Waals surface area contributed by atoms with Crippen molar-refractivity contribution in [3.8, 4) is 0 Å². The Bertz CT molecular complexity index is 1050. The molecule has 0 N–H and O–H groups in total. The quantitative estimate of drug-likeness (QED) is 0.668. The molecule has 0 bridgehead atoms. The number of carbonyl (C=O) groups is 1. The van der Waals surface area contributed by atoms with Crippen molar-refractivity contribution in [2.24, 2.45) is 7.05 Å². The Hall–Kier alpha value is -2.69.